The van der Waals surface area contributed by atoms with Gasteiger partial charge >= 0.3 is 12.0 Å². The Hall–Kier alpha value is -1.63. The maximum absolute atomic E-state index is 12.1. The van der Waals surface area contributed by atoms with Gasteiger partial charge in [0.2, 0.25) is 0 Å². The molecule has 110 valence electrons. The van der Waals surface area contributed by atoms with Gasteiger partial charge in [0.15, 0.2) is 0 Å². The zero-order valence-corrected chi connectivity index (χ0v) is 12.4. The number of carbonyl (C=O) groups excluding carboxylic acids is 1. The smallest absolute Gasteiger partial charge is 0.317 e. The molecule has 6 nitrogen and oxygen atoms in total. The molecule has 1 aromatic rings. The van der Waals surface area contributed by atoms with Gasteiger partial charge in [-0.3, -0.25) is 4.79 Å². The summed E-state index contributed by atoms with van der Waals surface area (Å²) in [5.74, 6) is -0.448. The van der Waals surface area contributed by atoms with Crippen LogP contribution in [0.2, 0.25) is 0 Å². The van der Waals surface area contributed by atoms with Crippen molar-refractivity contribution in [1.29, 1.82) is 0 Å². The third-order valence-corrected chi connectivity index (χ3v) is 4.33. The average molecular weight is 297 g/mol. The molecule has 2 amide bonds. The van der Waals surface area contributed by atoms with Crippen molar-refractivity contribution in [1.82, 2.24) is 15.2 Å². The van der Waals surface area contributed by atoms with Crippen molar-refractivity contribution in [3.63, 3.8) is 0 Å². The van der Waals surface area contributed by atoms with Gasteiger partial charge in [-0.25, -0.2) is 9.78 Å². The van der Waals surface area contributed by atoms with Crippen LogP contribution in [0.25, 0.3) is 0 Å². The van der Waals surface area contributed by atoms with Gasteiger partial charge in [0.1, 0.15) is 5.01 Å². The summed E-state index contributed by atoms with van der Waals surface area (Å²) in [6.45, 7) is 2.14. The first-order valence-corrected chi connectivity index (χ1v) is 7.51. The first kappa shape index (κ1) is 14.8. The number of nitrogens with one attached hydrogen (secondary N) is 1. The monoisotopic (exact) mass is 297 g/mol. The lowest BCUT2D eigenvalue weighted by Gasteiger charge is -2.22. The highest BCUT2D eigenvalue weighted by atomic mass is 32.1. The summed E-state index contributed by atoms with van der Waals surface area (Å²) < 4.78 is 0. The Kier molecular flexibility index (Phi) is 4.59. The van der Waals surface area contributed by atoms with Crippen LogP contribution in [0, 0.1) is 12.8 Å². The van der Waals surface area contributed by atoms with Gasteiger partial charge in [-0.05, 0) is 25.7 Å². The molecular formula is C13H19N3O3S. The average Bonchev–Trinajstić information content (AvgIpc) is 3.14. The summed E-state index contributed by atoms with van der Waals surface area (Å²) in [5.41, 5.74) is 0.962. The van der Waals surface area contributed by atoms with Gasteiger partial charge in [-0.2, -0.15) is 0 Å². The highest BCUT2D eigenvalue weighted by Gasteiger charge is 2.35. The number of hydrogen-bond acceptors (Lipinski definition) is 4. The summed E-state index contributed by atoms with van der Waals surface area (Å²) >= 11 is 1.56. The molecule has 2 N–H and O–H groups in total. The quantitative estimate of drug-likeness (QED) is 0.841. The second-order valence-corrected chi connectivity index (χ2v) is 6.05. The summed E-state index contributed by atoms with van der Waals surface area (Å²) in [7, 11) is 1.61. The van der Waals surface area contributed by atoms with E-state index in [9.17, 15) is 9.59 Å². The first-order valence-electron chi connectivity index (χ1n) is 6.63. The maximum Gasteiger partial charge on any atom is 0.317 e. The van der Waals surface area contributed by atoms with Crippen molar-refractivity contribution < 1.29 is 14.7 Å². The van der Waals surface area contributed by atoms with Crippen LogP contribution in [0.3, 0.4) is 0 Å². The van der Waals surface area contributed by atoms with Crippen molar-refractivity contribution in [3.8, 4) is 0 Å². The SMILES string of the molecule is Cc1csc(C(NC(=O)N(C)CCC(=O)O)C2CC2)n1. The molecule has 1 fully saturated rings. The Bertz CT molecular complexity index is 499. The maximum atomic E-state index is 12.1. The van der Waals surface area contributed by atoms with E-state index in [4.69, 9.17) is 5.11 Å². The highest BCUT2D eigenvalue weighted by molar-refractivity contribution is 7.09. The second kappa shape index (κ2) is 6.21. The van der Waals surface area contributed by atoms with Crippen molar-refractivity contribution in [2.75, 3.05) is 13.6 Å². The van der Waals surface area contributed by atoms with Gasteiger partial charge in [-0.15, -0.1) is 11.3 Å². The zero-order chi connectivity index (χ0) is 14.7. The first-order chi connectivity index (χ1) is 9.47. The molecule has 0 radical (unpaired) electrons. The molecular weight excluding hydrogens is 278 g/mol. The number of nitrogens with zero attached hydrogens (tertiary/aromatic N) is 2. The normalized spacial score (nSPS) is 15.7. The third kappa shape index (κ3) is 3.93. The van der Waals surface area contributed by atoms with E-state index in [1.807, 2.05) is 12.3 Å². The Morgan fingerprint density at radius 3 is 2.80 bits per heavy atom. The Balaban J connectivity index is 1.94. The van der Waals surface area contributed by atoms with Crippen LogP contribution in [-0.2, 0) is 4.79 Å². The number of aromatic nitrogens is 1. The lowest BCUT2D eigenvalue weighted by Crippen LogP contribution is -2.40. The summed E-state index contributed by atoms with van der Waals surface area (Å²) in [6.07, 6.45) is 2.15. The van der Waals surface area contributed by atoms with Crippen molar-refractivity contribution in [2.45, 2.75) is 32.2 Å². The largest absolute Gasteiger partial charge is 0.481 e. The molecule has 7 heteroatoms. The van der Waals surface area contributed by atoms with Gasteiger partial charge in [0, 0.05) is 24.7 Å². The number of carbonyl (C=O) groups is 2. The Labute approximate surface area is 121 Å². The van der Waals surface area contributed by atoms with E-state index in [0.29, 0.717) is 5.92 Å². The molecule has 1 heterocycles. The van der Waals surface area contributed by atoms with E-state index in [1.54, 1.807) is 18.4 Å². The van der Waals surface area contributed by atoms with Crippen molar-refractivity contribution in [3.05, 3.63) is 16.1 Å². The molecule has 1 saturated carbocycles. The van der Waals surface area contributed by atoms with Crippen LogP contribution in [0.5, 0.6) is 0 Å². The topological polar surface area (TPSA) is 82.5 Å². The molecule has 1 unspecified atom stereocenters. The van der Waals surface area contributed by atoms with Gasteiger partial charge < -0.3 is 15.3 Å². The molecule has 1 aliphatic carbocycles. The fourth-order valence-electron chi connectivity index (χ4n) is 1.93. The lowest BCUT2D eigenvalue weighted by molar-refractivity contribution is -0.137. The van der Waals surface area contributed by atoms with Crippen LogP contribution < -0.4 is 5.32 Å². The molecule has 0 saturated heterocycles. The number of aliphatic carboxylic acids is 1. The van der Waals surface area contributed by atoms with Gasteiger partial charge in [-0.1, -0.05) is 0 Å². The number of aryl methyl sites for hydroxylation is 1. The summed E-state index contributed by atoms with van der Waals surface area (Å²) in [6, 6.07) is -0.288. The second-order valence-electron chi connectivity index (χ2n) is 5.16. The van der Waals surface area contributed by atoms with Crippen molar-refractivity contribution in [2.24, 2.45) is 5.92 Å². The van der Waals surface area contributed by atoms with Crippen LogP contribution in [0.15, 0.2) is 5.38 Å². The number of amides is 2. The lowest BCUT2D eigenvalue weighted by atomic mass is 10.2. The number of thiazole rings is 1. The number of rotatable bonds is 6. The molecule has 1 aromatic heterocycles. The van der Waals surface area contributed by atoms with E-state index in [2.05, 4.69) is 10.3 Å². The molecule has 0 spiro atoms. The molecule has 0 aliphatic heterocycles. The third-order valence-electron chi connectivity index (χ3n) is 3.28. The molecule has 1 atom stereocenters. The predicted octanol–water partition coefficient (Wildman–Crippen LogP) is 2.02. The minimum absolute atomic E-state index is 0.0472. The van der Waals surface area contributed by atoms with Gasteiger partial charge in [0.05, 0.1) is 12.5 Å². The van der Waals surface area contributed by atoms with Crippen LogP contribution in [0.1, 0.15) is 36.0 Å². The number of urea groups is 1. The standard InChI is InChI=1S/C13H19N3O3S/c1-8-7-20-12(14-8)11(9-3-4-9)15-13(19)16(2)6-5-10(17)18/h7,9,11H,3-6H2,1-2H3,(H,15,19)(H,17,18). The van der Waals surface area contributed by atoms with Crippen LogP contribution >= 0.6 is 11.3 Å². The predicted molar refractivity (Wildman–Crippen MR) is 75.7 cm³/mol. The Morgan fingerprint density at radius 2 is 2.30 bits per heavy atom. The molecule has 0 bridgehead atoms. The molecule has 1 aliphatic rings. The Morgan fingerprint density at radius 1 is 1.60 bits per heavy atom. The van der Waals surface area contributed by atoms with E-state index >= 15 is 0 Å². The minimum atomic E-state index is -0.904. The minimum Gasteiger partial charge on any atom is -0.481 e. The number of carboxylic acid groups (broad SMARTS) is 1. The van der Waals surface area contributed by atoms with E-state index in [-0.39, 0.29) is 25.0 Å². The number of hydrogen-bond donors (Lipinski definition) is 2. The van der Waals surface area contributed by atoms with Crippen LogP contribution in [-0.4, -0.2) is 40.6 Å². The summed E-state index contributed by atoms with van der Waals surface area (Å²) in [5, 5.41) is 14.5. The van der Waals surface area contributed by atoms with Crippen LogP contribution in [0.4, 0.5) is 4.79 Å². The summed E-state index contributed by atoms with van der Waals surface area (Å²) in [4.78, 5) is 28.5. The highest BCUT2D eigenvalue weighted by Crippen LogP contribution is 2.41. The van der Waals surface area contributed by atoms with E-state index in [1.165, 1.54) is 4.90 Å². The van der Waals surface area contributed by atoms with E-state index in [0.717, 1.165) is 23.5 Å². The van der Waals surface area contributed by atoms with E-state index < -0.39 is 5.97 Å². The fourth-order valence-corrected chi connectivity index (χ4v) is 2.87. The zero-order valence-electron chi connectivity index (χ0n) is 11.6. The van der Waals surface area contributed by atoms with Crippen molar-refractivity contribution >= 4 is 23.3 Å². The molecule has 2 rings (SSSR count). The fraction of sp³-hybridized carbons (Fsp3) is 0.615. The molecule has 20 heavy (non-hydrogen) atoms. The number of carboxylic acids is 1. The molecule has 0 aromatic carbocycles. The van der Waals surface area contributed by atoms with Gasteiger partial charge in [0.25, 0.3) is 0 Å².